The second-order valence-corrected chi connectivity index (χ2v) is 8.25. The van der Waals surface area contributed by atoms with Crippen LogP contribution in [0.1, 0.15) is 41.3 Å². The Balaban J connectivity index is 0.00000385. The summed E-state index contributed by atoms with van der Waals surface area (Å²) in [6, 6.07) is 6.29. The Labute approximate surface area is 214 Å². The van der Waals surface area contributed by atoms with Crippen molar-refractivity contribution in [1.82, 2.24) is 15.6 Å². The van der Waals surface area contributed by atoms with Crippen LogP contribution in [0.3, 0.4) is 0 Å². The minimum absolute atomic E-state index is 0. The Morgan fingerprint density at radius 1 is 1.24 bits per heavy atom. The van der Waals surface area contributed by atoms with E-state index in [4.69, 9.17) is 19.2 Å². The van der Waals surface area contributed by atoms with E-state index in [0.29, 0.717) is 25.6 Å². The zero-order valence-electron chi connectivity index (χ0n) is 20.4. The van der Waals surface area contributed by atoms with Crippen LogP contribution in [-0.2, 0) is 17.8 Å². The zero-order valence-corrected chi connectivity index (χ0v) is 22.7. The number of aliphatic imine (C=N–C) groups is 1. The Morgan fingerprint density at radius 3 is 2.76 bits per heavy atom. The van der Waals surface area contributed by atoms with Crippen LogP contribution in [-0.4, -0.2) is 44.4 Å². The number of aryl methyl sites for hydroxylation is 2. The van der Waals surface area contributed by atoms with Gasteiger partial charge in [0.25, 0.3) is 0 Å². The molecule has 1 aromatic carbocycles. The molecule has 8 heteroatoms. The topological polar surface area (TPSA) is 77.0 Å². The molecule has 3 rings (SSSR count). The number of guanidine groups is 1. The van der Waals surface area contributed by atoms with E-state index in [9.17, 15) is 0 Å². The third kappa shape index (κ3) is 7.74. The third-order valence-corrected chi connectivity index (χ3v) is 5.65. The lowest BCUT2D eigenvalue weighted by Crippen LogP contribution is -2.37. The van der Waals surface area contributed by atoms with E-state index in [1.54, 1.807) is 7.11 Å². The molecule has 1 atom stereocenters. The van der Waals surface area contributed by atoms with Crippen LogP contribution in [0.5, 0.6) is 11.5 Å². The molecule has 182 valence electrons. The van der Waals surface area contributed by atoms with Crippen molar-refractivity contribution in [3.05, 3.63) is 52.3 Å². The van der Waals surface area contributed by atoms with Crippen molar-refractivity contribution in [3.8, 4) is 11.5 Å². The van der Waals surface area contributed by atoms with Crippen LogP contribution in [0.2, 0.25) is 0 Å². The van der Waals surface area contributed by atoms with Gasteiger partial charge < -0.3 is 24.8 Å². The monoisotopic (exact) mass is 568 g/mol. The number of nitrogens with one attached hydrogen (secondary N) is 2. The molecule has 1 saturated heterocycles. The van der Waals surface area contributed by atoms with Crippen molar-refractivity contribution < 1.29 is 14.2 Å². The van der Waals surface area contributed by atoms with Gasteiger partial charge in [-0.1, -0.05) is 12.1 Å². The molecule has 0 bridgehead atoms. The molecule has 1 aromatic heterocycles. The van der Waals surface area contributed by atoms with Crippen molar-refractivity contribution in [1.29, 1.82) is 0 Å². The van der Waals surface area contributed by atoms with Gasteiger partial charge in [0.05, 0.1) is 39.1 Å². The van der Waals surface area contributed by atoms with Crippen molar-refractivity contribution in [2.75, 3.05) is 33.5 Å². The molecule has 0 amide bonds. The van der Waals surface area contributed by atoms with Crippen LogP contribution >= 0.6 is 24.0 Å². The Bertz CT molecular complexity index is 930. The first-order chi connectivity index (χ1) is 15.5. The van der Waals surface area contributed by atoms with Crippen molar-refractivity contribution in [2.24, 2.45) is 10.9 Å². The van der Waals surface area contributed by atoms with Crippen LogP contribution in [0.4, 0.5) is 0 Å². The average molecular weight is 569 g/mol. The van der Waals surface area contributed by atoms with E-state index < -0.39 is 0 Å². The highest BCUT2D eigenvalue weighted by Gasteiger charge is 2.17. The van der Waals surface area contributed by atoms with E-state index in [-0.39, 0.29) is 24.0 Å². The van der Waals surface area contributed by atoms with Gasteiger partial charge in [-0.3, -0.25) is 4.98 Å². The first-order valence-electron chi connectivity index (χ1n) is 11.3. The van der Waals surface area contributed by atoms with Gasteiger partial charge in [0.1, 0.15) is 11.5 Å². The summed E-state index contributed by atoms with van der Waals surface area (Å²) in [7, 11) is 1.69. The maximum Gasteiger partial charge on any atom is 0.191 e. The highest BCUT2D eigenvalue weighted by molar-refractivity contribution is 14.0. The summed E-state index contributed by atoms with van der Waals surface area (Å²) < 4.78 is 17.2. The number of pyridine rings is 1. The second-order valence-electron chi connectivity index (χ2n) is 8.25. The normalized spacial score (nSPS) is 15.7. The zero-order chi connectivity index (χ0) is 22.9. The van der Waals surface area contributed by atoms with E-state index in [1.807, 2.05) is 20.0 Å². The Morgan fingerprint density at radius 2 is 2.06 bits per heavy atom. The fraction of sp³-hybridized carbons (Fsp3) is 0.520. The van der Waals surface area contributed by atoms with E-state index >= 15 is 0 Å². The van der Waals surface area contributed by atoms with Gasteiger partial charge in [-0.05, 0) is 45.7 Å². The lowest BCUT2D eigenvalue weighted by Gasteiger charge is -2.16. The average Bonchev–Trinajstić information content (AvgIpc) is 3.30. The quantitative estimate of drug-likeness (QED) is 0.267. The molecular formula is C25H37IN4O3. The van der Waals surface area contributed by atoms with Gasteiger partial charge >= 0.3 is 0 Å². The molecule has 2 N–H and O–H groups in total. The largest absolute Gasteiger partial charge is 0.496 e. The van der Waals surface area contributed by atoms with Crippen LogP contribution < -0.4 is 20.1 Å². The number of methoxy groups -OCH3 is 1. The van der Waals surface area contributed by atoms with Crippen LogP contribution in [0.25, 0.3) is 0 Å². The molecule has 0 aliphatic carbocycles. The molecule has 1 aliphatic heterocycles. The van der Waals surface area contributed by atoms with E-state index in [2.05, 4.69) is 47.7 Å². The molecule has 2 aromatic rings. The summed E-state index contributed by atoms with van der Waals surface area (Å²) in [5, 5.41) is 6.70. The van der Waals surface area contributed by atoms with Gasteiger partial charge in [-0.15, -0.1) is 24.0 Å². The van der Waals surface area contributed by atoms with Crippen molar-refractivity contribution in [2.45, 2.75) is 47.2 Å². The van der Waals surface area contributed by atoms with Crippen molar-refractivity contribution >= 4 is 29.9 Å². The smallest absolute Gasteiger partial charge is 0.191 e. The standard InChI is InChI=1S/C25H36N4O3.HI/c1-6-26-25(29-14-22-19(4)24(30-5)18(3)12-27-22)28-13-21-8-7-17(2)11-23(21)32-16-20-9-10-31-15-20;/h7-8,11-12,20H,6,9-10,13-16H2,1-5H3,(H2,26,28,29);1H. The van der Waals surface area contributed by atoms with Gasteiger partial charge in [0.2, 0.25) is 0 Å². The van der Waals surface area contributed by atoms with E-state index in [1.165, 1.54) is 5.56 Å². The van der Waals surface area contributed by atoms with Crippen molar-refractivity contribution in [3.63, 3.8) is 0 Å². The molecule has 1 fully saturated rings. The lowest BCUT2D eigenvalue weighted by atomic mass is 10.1. The van der Waals surface area contributed by atoms with Gasteiger partial charge in [-0.2, -0.15) is 0 Å². The van der Waals surface area contributed by atoms with E-state index in [0.717, 1.165) is 66.0 Å². The predicted octanol–water partition coefficient (Wildman–Crippen LogP) is 4.30. The number of aromatic nitrogens is 1. The number of nitrogens with zero attached hydrogens (tertiary/aromatic N) is 2. The second kappa shape index (κ2) is 13.6. The number of benzene rings is 1. The SMILES string of the molecule is CCNC(=NCc1ccc(C)cc1OCC1CCOC1)NCc1ncc(C)c(OC)c1C.I. The summed E-state index contributed by atoms with van der Waals surface area (Å²) >= 11 is 0. The molecule has 0 radical (unpaired) electrons. The highest BCUT2D eigenvalue weighted by Crippen LogP contribution is 2.25. The van der Waals surface area contributed by atoms with Crippen LogP contribution in [0.15, 0.2) is 29.4 Å². The molecule has 33 heavy (non-hydrogen) atoms. The van der Waals surface area contributed by atoms with Crippen LogP contribution in [0, 0.1) is 26.7 Å². The molecule has 7 nitrogen and oxygen atoms in total. The third-order valence-electron chi connectivity index (χ3n) is 5.65. The van der Waals surface area contributed by atoms with Gasteiger partial charge in [0.15, 0.2) is 5.96 Å². The lowest BCUT2D eigenvalue weighted by molar-refractivity contribution is 0.166. The maximum absolute atomic E-state index is 6.16. The predicted molar refractivity (Wildman–Crippen MR) is 143 cm³/mol. The summed E-state index contributed by atoms with van der Waals surface area (Å²) in [6.07, 6.45) is 2.91. The number of hydrogen-bond donors (Lipinski definition) is 2. The first kappa shape index (κ1) is 27.2. The summed E-state index contributed by atoms with van der Waals surface area (Å²) in [4.78, 5) is 9.36. The van der Waals surface area contributed by atoms with Gasteiger partial charge in [-0.25, -0.2) is 4.99 Å². The Kier molecular flexibility index (Phi) is 11.2. The maximum atomic E-state index is 6.16. The number of rotatable bonds is 9. The Hall–Kier alpha value is -2.07. The highest BCUT2D eigenvalue weighted by atomic mass is 127. The molecule has 0 spiro atoms. The molecule has 0 saturated carbocycles. The molecule has 1 aliphatic rings. The minimum Gasteiger partial charge on any atom is -0.496 e. The first-order valence-corrected chi connectivity index (χ1v) is 11.3. The van der Waals surface area contributed by atoms with Gasteiger partial charge in [0, 0.05) is 42.0 Å². The summed E-state index contributed by atoms with van der Waals surface area (Å²) in [5.41, 5.74) is 5.26. The number of hydrogen-bond acceptors (Lipinski definition) is 5. The molecule has 2 heterocycles. The fourth-order valence-corrected chi connectivity index (χ4v) is 3.77. The summed E-state index contributed by atoms with van der Waals surface area (Å²) in [6.45, 7) is 12.3. The molecule has 1 unspecified atom stereocenters. The number of halogens is 1. The number of ether oxygens (including phenoxy) is 3. The summed E-state index contributed by atoms with van der Waals surface area (Å²) in [5.74, 6) is 2.99. The molecular weight excluding hydrogens is 531 g/mol. The minimum atomic E-state index is 0. The fourth-order valence-electron chi connectivity index (χ4n) is 3.77.